The van der Waals surface area contributed by atoms with E-state index in [4.69, 9.17) is 16.7 Å². The lowest BCUT2D eigenvalue weighted by atomic mass is 9.96. The summed E-state index contributed by atoms with van der Waals surface area (Å²) in [5.41, 5.74) is -0.433. The average molecular weight is 258 g/mol. The van der Waals surface area contributed by atoms with Crippen LogP contribution in [0.5, 0.6) is 0 Å². The van der Waals surface area contributed by atoms with Gasteiger partial charge in [-0.2, -0.15) is 0 Å². The van der Waals surface area contributed by atoms with E-state index in [0.717, 1.165) is 0 Å². The summed E-state index contributed by atoms with van der Waals surface area (Å²) in [7, 11) is -3.28. The van der Waals surface area contributed by atoms with E-state index in [2.05, 4.69) is 4.72 Å². The maximum Gasteiger partial charge on any atom is 0.211 e. The van der Waals surface area contributed by atoms with E-state index in [1.165, 1.54) is 0 Å². The van der Waals surface area contributed by atoms with E-state index >= 15 is 0 Å². The number of hydrogen-bond donors (Lipinski definition) is 2. The maximum atomic E-state index is 11.5. The number of sulfonamides is 1. The van der Waals surface area contributed by atoms with Gasteiger partial charge >= 0.3 is 0 Å². The second-order valence-corrected chi connectivity index (χ2v) is 6.84. The molecular formula is C9H20ClNO3S. The number of alkyl halides is 1. The van der Waals surface area contributed by atoms with Gasteiger partial charge in [-0.05, 0) is 5.92 Å². The van der Waals surface area contributed by atoms with Gasteiger partial charge in [0.15, 0.2) is 0 Å². The SMILES string of the molecule is CC(CCl)CS(=O)(=O)NCC(C)(C)CO. The number of aliphatic hydroxyl groups excluding tert-OH is 1. The van der Waals surface area contributed by atoms with Crippen LogP contribution in [0.15, 0.2) is 0 Å². The van der Waals surface area contributed by atoms with Gasteiger partial charge in [-0.25, -0.2) is 13.1 Å². The molecule has 0 amide bonds. The molecule has 0 aliphatic heterocycles. The van der Waals surface area contributed by atoms with Crippen LogP contribution in [-0.4, -0.2) is 38.3 Å². The molecule has 0 rings (SSSR count). The Labute approximate surface area is 97.1 Å². The first-order valence-corrected chi connectivity index (χ1v) is 7.05. The average Bonchev–Trinajstić information content (AvgIpc) is 2.14. The van der Waals surface area contributed by atoms with Crippen LogP contribution in [0, 0.1) is 11.3 Å². The number of halogens is 1. The first kappa shape index (κ1) is 15.2. The third-order valence-electron chi connectivity index (χ3n) is 1.97. The molecule has 0 aliphatic rings. The van der Waals surface area contributed by atoms with Crippen LogP contribution in [0.4, 0.5) is 0 Å². The molecule has 0 aromatic rings. The van der Waals surface area contributed by atoms with Crippen molar-refractivity contribution in [2.75, 3.05) is 24.8 Å². The molecule has 0 saturated heterocycles. The quantitative estimate of drug-likeness (QED) is 0.663. The van der Waals surface area contributed by atoms with E-state index in [1.54, 1.807) is 20.8 Å². The van der Waals surface area contributed by atoms with Crippen LogP contribution >= 0.6 is 11.6 Å². The lowest BCUT2D eigenvalue weighted by Gasteiger charge is -2.22. The summed E-state index contributed by atoms with van der Waals surface area (Å²) >= 11 is 5.54. The summed E-state index contributed by atoms with van der Waals surface area (Å²) < 4.78 is 25.5. The number of aliphatic hydroxyl groups is 1. The Morgan fingerprint density at radius 2 is 2.00 bits per heavy atom. The molecule has 6 heteroatoms. The van der Waals surface area contributed by atoms with E-state index in [1.807, 2.05) is 0 Å². The molecule has 4 nitrogen and oxygen atoms in total. The fraction of sp³-hybridized carbons (Fsp3) is 1.00. The molecule has 92 valence electrons. The Morgan fingerprint density at radius 3 is 2.40 bits per heavy atom. The zero-order valence-electron chi connectivity index (χ0n) is 9.46. The lowest BCUT2D eigenvalue weighted by molar-refractivity contribution is 0.163. The molecule has 0 aromatic carbocycles. The number of nitrogens with one attached hydrogen (secondary N) is 1. The van der Waals surface area contributed by atoms with Gasteiger partial charge in [0.1, 0.15) is 0 Å². The lowest BCUT2D eigenvalue weighted by Crippen LogP contribution is -2.38. The number of hydrogen-bond acceptors (Lipinski definition) is 3. The molecule has 2 N–H and O–H groups in total. The Morgan fingerprint density at radius 1 is 1.47 bits per heavy atom. The third-order valence-corrected chi connectivity index (χ3v) is 4.08. The van der Waals surface area contributed by atoms with Crippen LogP contribution in [0.2, 0.25) is 0 Å². The smallest absolute Gasteiger partial charge is 0.211 e. The summed E-state index contributed by atoms with van der Waals surface area (Å²) in [6.45, 7) is 5.55. The van der Waals surface area contributed by atoms with Gasteiger partial charge in [0.05, 0.1) is 5.75 Å². The Hall–Kier alpha value is 0.160. The van der Waals surface area contributed by atoms with E-state index < -0.39 is 15.4 Å². The van der Waals surface area contributed by atoms with Gasteiger partial charge in [0.2, 0.25) is 10.0 Å². The van der Waals surface area contributed by atoms with Gasteiger partial charge < -0.3 is 5.11 Å². The van der Waals surface area contributed by atoms with Gasteiger partial charge in [-0.3, -0.25) is 0 Å². The second kappa shape index (κ2) is 6.03. The molecule has 0 radical (unpaired) electrons. The van der Waals surface area contributed by atoms with Crippen LogP contribution < -0.4 is 4.72 Å². The first-order chi connectivity index (χ1) is 6.72. The van der Waals surface area contributed by atoms with Crippen molar-refractivity contribution >= 4 is 21.6 Å². The van der Waals surface area contributed by atoms with Crippen molar-refractivity contribution < 1.29 is 13.5 Å². The standard InChI is InChI=1S/C9H20ClNO3S/c1-8(4-10)5-15(13,14)11-6-9(2,3)7-12/h8,11-12H,4-7H2,1-3H3. The Kier molecular flexibility index (Phi) is 6.10. The van der Waals surface area contributed by atoms with Crippen molar-refractivity contribution in [3.05, 3.63) is 0 Å². The minimum atomic E-state index is -3.28. The van der Waals surface area contributed by atoms with E-state index in [0.29, 0.717) is 5.88 Å². The topological polar surface area (TPSA) is 66.4 Å². The molecular weight excluding hydrogens is 238 g/mol. The molecule has 0 saturated carbocycles. The van der Waals surface area contributed by atoms with Crippen LogP contribution in [0.25, 0.3) is 0 Å². The van der Waals surface area contributed by atoms with Crippen LogP contribution in [0.3, 0.4) is 0 Å². The highest BCUT2D eigenvalue weighted by atomic mass is 35.5. The van der Waals surface area contributed by atoms with Crippen molar-refractivity contribution in [3.8, 4) is 0 Å². The normalized spacial score (nSPS) is 15.3. The van der Waals surface area contributed by atoms with Gasteiger partial charge in [-0.1, -0.05) is 20.8 Å². The molecule has 0 fully saturated rings. The van der Waals surface area contributed by atoms with Crippen molar-refractivity contribution in [3.63, 3.8) is 0 Å². The first-order valence-electron chi connectivity index (χ1n) is 4.86. The Balaban J connectivity index is 4.17. The minimum Gasteiger partial charge on any atom is -0.396 e. The minimum absolute atomic E-state index is 0.0258. The Bertz CT molecular complexity index is 277. The second-order valence-electron chi connectivity index (χ2n) is 4.68. The zero-order valence-corrected chi connectivity index (χ0v) is 11.0. The van der Waals surface area contributed by atoms with E-state index in [-0.39, 0.29) is 24.8 Å². The highest BCUT2D eigenvalue weighted by Crippen LogP contribution is 2.12. The molecule has 0 heterocycles. The fourth-order valence-corrected chi connectivity index (χ4v) is 2.67. The number of rotatable bonds is 7. The highest BCUT2D eigenvalue weighted by molar-refractivity contribution is 7.89. The molecule has 0 aliphatic carbocycles. The molecule has 15 heavy (non-hydrogen) atoms. The largest absolute Gasteiger partial charge is 0.396 e. The monoisotopic (exact) mass is 257 g/mol. The third kappa shape index (κ3) is 7.11. The summed E-state index contributed by atoms with van der Waals surface area (Å²) in [4.78, 5) is 0. The molecule has 1 atom stereocenters. The molecule has 0 bridgehead atoms. The van der Waals surface area contributed by atoms with Gasteiger partial charge in [-0.15, -0.1) is 11.6 Å². The van der Waals surface area contributed by atoms with Crippen molar-refractivity contribution in [2.45, 2.75) is 20.8 Å². The summed E-state index contributed by atoms with van der Waals surface area (Å²) in [6.07, 6.45) is 0. The zero-order chi connectivity index (χ0) is 12.1. The molecule has 0 spiro atoms. The van der Waals surface area contributed by atoms with Crippen LogP contribution in [0.1, 0.15) is 20.8 Å². The molecule has 1 unspecified atom stereocenters. The van der Waals surface area contributed by atoms with Gasteiger partial charge in [0.25, 0.3) is 0 Å². The predicted octanol–water partition coefficient (Wildman–Crippen LogP) is 0.799. The van der Waals surface area contributed by atoms with E-state index in [9.17, 15) is 8.42 Å². The molecule has 0 aromatic heterocycles. The van der Waals surface area contributed by atoms with Crippen molar-refractivity contribution in [1.29, 1.82) is 0 Å². The maximum absolute atomic E-state index is 11.5. The van der Waals surface area contributed by atoms with Crippen molar-refractivity contribution in [2.24, 2.45) is 11.3 Å². The van der Waals surface area contributed by atoms with Gasteiger partial charge in [0, 0.05) is 24.4 Å². The fourth-order valence-electron chi connectivity index (χ4n) is 0.839. The van der Waals surface area contributed by atoms with Crippen molar-refractivity contribution in [1.82, 2.24) is 4.72 Å². The summed E-state index contributed by atoms with van der Waals surface area (Å²) in [5, 5.41) is 8.96. The summed E-state index contributed by atoms with van der Waals surface area (Å²) in [6, 6.07) is 0. The summed E-state index contributed by atoms with van der Waals surface area (Å²) in [5.74, 6) is 0.281. The highest BCUT2D eigenvalue weighted by Gasteiger charge is 2.21. The predicted molar refractivity (Wildman–Crippen MR) is 62.5 cm³/mol. The van der Waals surface area contributed by atoms with Crippen LogP contribution in [-0.2, 0) is 10.0 Å².